The molecule has 0 radical (unpaired) electrons. The highest BCUT2D eigenvalue weighted by Crippen LogP contribution is 2.25. The number of amides is 2. The van der Waals surface area contributed by atoms with E-state index in [0.29, 0.717) is 29.2 Å². The molecule has 0 heterocycles. The molecule has 0 fully saturated rings. The van der Waals surface area contributed by atoms with Crippen molar-refractivity contribution in [3.8, 4) is 11.5 Å². The van der Waals surface area contributed by atoms with Crippen molar-refractivity contribution in [2.45, 2.75) is 39.2 Å². The van der Waals surface area contributed by atoms with E-state index in [4.69, 9.17) is 9.47 Å². The highest BCUT2D eigenvalue weighted by Gasteiger charge is 2.18. The molecule has 0 spiro atoms. The van der Waals surface area contributed by atoms with E-state index >= 15 is 0 Å². The molecule has 28 heavy (non-hydrogen) atoms. The molecule has 0 bridgehead atoms. The van der Waals surface area contributed by atoms with Gasteiger partial charge in [0.25, 0.3) is 5.91 Å². The second kappa shape index (κ2) is 9.26. The standard InChI is InChI=1S/C22H28N2O4/c1-22(2,3)24-21(26)17-8-6-7-9-18(17)23-20(25)13-10-15-14-16(27-4)11-12-19(15)28-5/h6-9,11-12,14H,10,13H2,1-5H3,(H,23,25)(H,24,26). The Morgan fingerprint density at radius 3 is 2.36 bits per heavy atom. The lowest BCUT2D eigenvalue weighted by Gasteiger charge is -2.21. The van der Waals surface area contributed by atoms with E-state index in [0.717, 1.165) is 5.56 Å². The molecule has 0 aromatic heterocycles. The maximum Gasteiger partial charge on any atom is 0.253 e. The fourth-order valence-corrected chi connectivity index (χ4v) is 2.74. The molecule has 0 aliphatic heterocycles. The van der Waals surface area contributed by atoms with E-state index < -0.39 is 0 Å². The van der Waals surface area contributed by atoms with Crippen LogP contribution in [0.25, 0.3) is 0 Å². The SMILES string of the molecule is COc1ccc(OC)c(CCC(=O)Nc2ccccc2C(=O)NC(C)(C)C)c1. The molecule has 0 atom stereocenters. The van der Waals surface area contributed by atoms with Crippen LogP contribution in [-0.2, 0) is 11.2 Å². The third-order valence-corrected chi connectivity index (χ3v) is 4.04. The van der Waals surface area contributed by atoms with Crippen molar-refractivity contribution in [3.05, 3.63) is 53.6 Å². The van der Waals surface area contributed by atoms with Gasteiger partial charge in [-0.2, -0.15) is 0 Å². The maximum atomic E-state index is 12.5. The van der Waals surface area contributed by atoms with Crippen LogP contribution in [0.1, 0.15) is 43.1 Å². The molecule has 0 saturated heterocycles. The van der Waals surface area contributed by atoms with Crippen LogP contribution in [0.2, 0.25) is 0 Å². The number of nitrogens with one attached hydrogen (secondary N) is 2. The van der Waals surface area contributed by atoms with Gasteiger partial charge in [0, 0.05) is 12.0 Å². The fourth-order valence-electron chi connectivity index (χ4n) is 2.74. The quantitative estimate of drug-likeness (QED) is 0.761. The van der Waals surface area contributed by atoms with Gasteiger partial charge < -0.3 is 20.1 Å². The molecule has 150 valence electrons. The van der Waals surface area contributed by atoms with E-state index in [1.165, 1.54) is 0 Å². The van der Waals surface area contributed by atoms with Crippen molar-refractivity contribution >= 4 is 17.5 Å². The fraction of sp³-hybridized carbons (Fsp3) is 0.364. The number of carbonyl (C=O) groups is 2. The first-order valence-electron chi connectivity index (χ1n) is 9.16. The summed E-state index contributed by atoms with van der Waals surface area (Å²) in [5, 5.41) is 5.76. The summed E-state index contributed by atoms with van der Waals surface area (Å²) in [6, 6.07) is 12.5. The molecule has 6 nitrogen and oxygen atoms in total. The summed E-state index contributed by atoms with van der Waals surface area (Å²) in [6.45, 7) is 5.73. The topological polar surface area (TPSA) is 76.7 Å². The average molecular weight is 384 g/mol. The Hall–Kier alpha value is -3.02. The van der Waals surface area contributed by atoms with E-state index in [1.54, 1.807) is 38.5 Å². The predicted molar refractivity (Wildman–Crippen MR) is 110 cm³/mol. The first kappa shape index (κ1) is 21.3. The maximum absolute atomic E-state index is 12.5. The van der Waals surface area contributed by atoms with Crippen LogP contribution in [0.4, 0.5) is 5.69 Å². The molecule has 2 aromatic rings. The van der Waals surface area contributed by atoms with Gasteiger partial charge in [-0.15, -0.1) is 0 Å². The minimum atomic E-state index is -0.364. The normalized spacial score (nSPS) is 10.9. The number of hydrogen-bond acceptors (Lipinski definition) is 4. The zero-order valence-corrected chi connectivity index (χ0v) is 17.1. The van der Waals surface area contributed by atoms with E-state index in [-0.39, 0.29) is 23.8 Å². The molecule has 2 amide bonds. The van der Waals surface area contributed by atoms with Crippen LogP contribution < -0.4 is 20.1 Å². The second-order valence-electron chi connectivity index (χ2n) is 7.48. The van der Waals surface area contributed by atoms with Crippen molar-refractivity contribution < 1.29 is 19.1 Å². The van der Waals surface area contributed by atoms with Crippen LogP contribution in [0.5, 0.6) is 11.5 Å². The molecule has 2 rings (SSSR count). The van der Waals surface area contributed by atoms with Crippen molar-refractivity contribution in [1.29, 1.82) is 0 Å². The summed E-state index contributed by atoms with van der Waals surface area (Å²) < 4.78 is 10.6. The van der Waals surface area contributed by atoms with Crippen LogP contribution in [0.3, 0.4) is 0 Å². The van der Waals surface area contributed by atoms with Gasteiger partial charge in [0.2, 0.25) is 5.91 Å². The van der Waals surface area contributed by atoms with Gasteiger partial charge in [-0.3, -0.25) is 9.59 Å². The minimum Gasteiger partial charge on any atom is -0.497 e. The lowest BCUT2D eigenvalue weighted by molar-refractivity contribution is -0.116. The summed E-state index contributed by atoms with van der Waals surface area (Å²) in [5.41, 5.74) is 1.45. The molecular weight excluding hydrogens is 356 g/mol. The number of benzene rings is 2. The first-order chi connectivity index (χ1) is 13.2. The van der Waals surface area contributed by atoms with Crippen molar-refractivity contribution in [1.82, 2.24) is 5.32 Å². The molecule has 0 saturated carbocycles. The van der Waals surface area contributed by atoms with Crippen LogP contribution in [-0.4, -0.2) is 31.6 Å². The van der Waals surface area contributed by atoms with Crippen molar-refractivity contribution in [2.75, 3.05) is 19.5 Å². The summed E-state index contributed by atoms with van der Waals surface area (Å²) in [7, 11) is 3.19. The average Bonchev–Trinajstić information content (AvgIpc) is 2.65. The van der Waals surface area contributed by atoms with E-state index in [9.17, 15) is 9.59 Å². The number of ether oxygens (including phenoxy) is 2. The Balaban J connectivity index is 2.07. The number of aryl methyl sites for hydroxylation is 1. The number of methoxy groups -OCH3 is 2. The predicted octanol–water partition coefficient (Wildman–Crippen LogP) is 3.80. The highest BCUT2D eigenvalue weighted by atomic mass is 16.5. The molecule has 0 unspecified atom stereocenters. The Kier molecular flexibility index (Phi) is 7.04. The van der Waals surface area contributed by atoms with E-state index in [1.807, 2.05) is 39.0 Å². The summed E-state index contributed by atoms with van der Waals surface area (Å²) >= 11 is 0. The zero-order chi connectivity index (χ0) is 20.7. The number of anilines is 1. The number of carbonyl (C=O) groups excluding carboxylic acids is 2. The molecule has 0 aliphatic carbocycles. The zero-order valence-electron chi connectivity index (χ0n) is 17.1. The van der Waals surface area contributed by atoms with Gasteiger partial charge in [-0.25, -0.2) is 0 Å². The highest BCUT2D eigenvalue weighted by molar-refractivity contribution is 6.04. The minimum absolute atomic E-state index is 0.180. The van der Waals surface area contributed by atoms with Gasteiger partial charge in [0.1, 0.15) is 11.5 Å². The van der Waals surface area contributed by atoms with Gasteiger partial charge >= 0.3 is 0 Å². The number of rotatable bonds is 7. The Bertz CT molecular complexity index is 841. The smallest absolute Gasteiger partial charge is 0.253 e. The summed E-state index contributed by atoms with van der Waals surface area (Å²) in [6.07, 6.45) is 0.737. The van der Waals surface area contributed by atoms with Gasteiger partial charge in [0.05, 0.1) is 25.5 Å². The van der Waals surface area contributed by atoms with E-state index in [2.05, 4.69) is 10.6 Å². The Labute approximate surface area is 166 Å². The van der Waals surface area contributed by atoms with Crippen LogP contribution in [0, 0.1) is 0 Å². The third kappa shape index (κ3) is 6.01. The molecule has 6 heteroatoms. The van der Waals surface area contributed by atoms with Gasteiger partial charge in [-0.1, -0.05) is 12.1 Å². The van der Waals surface area contributed by atoms with Crippen molar-refractivity contribution in [2.24, 2.45) is 0 Å². The summed E-state index contributed by atoms with van der Waals surface area (Å²) in [4.78, 5) is 25.0. The van der Waals surface area contributed by atoms with Gasteiger partial charge in [-0.05, 0) is 63.1 Å². The van der Waals surface area contributed by atoms with Crippen molar-refractivity contribution in [3.63, 3.8) is 0 Å². The monoisotopic (exact) mass is 384 g/mol. The summed E-state index contributed by atoms with van der Waals surface area (Å²) in [5.74, 6) is 1.01. The molecule has 2 N–H and O–H groups in total. The largest absolute Gasteiger partial charge is 0.497 e. The molecular formula is C22H28N2O4. The first-order valence-corrected chi connectivity index (χ1v) is 9.16. The molecule has 0 aliphatic rings. The Morgan fingerprint density at radius 1 is 1.00 bits per heavy atom. The lowest BCUT2D eigenvalue weighted by atomic mass is 10.1. The Morgan fingerprint density at radius 2 is 1.71 bits per heavy atom. The molecule has 2 aromatic carbocycles. The van der Waals surface area contributed by atoms with Crippen LogP contribution >= 0.6 is 0 Å². The van der Waals surface area contributed by atoms with Gasteiger partial charge in [0.15, 0.2) is 0 Å². The number of hydrogen-bond donors (Lipinski definition) is 2. The van der Waals surface area contributed by atoms with Crippen LogP contribution in [0.15, 0.2) is 42.5 Å². The second-order valence-corrected chi connectivity index (χ2v) is 7.48. The third-order valence-electron chi connectivity index (χ3n) is 4.04. The lowest BCUT2D eigenvalue weighted by Crippen LogP contribution is -2.40. The number of para-hydroxylation sites is 1.